The number of rotatable bonds is 4. The smallest absolute Gasteiger partial charge is 0.251 e. The van der Waals surface area contributed by atoms with Crippen molar-refractivity contribution in [3.05, 3.63) is 63.9 Å². The van der Waals surface area contributed by atoms with E-state index in [1.165, 1.54) is 6.07 Å². The molecular weight excluding hydrogens is 351 g/mol. The van der Waals surface area contributed by atoms with Crippen LogP contribution in [-0.2, 0) is 4.79 Å². The maximum absolute atomic E-state index is 13.4. The van der Waals surface area contributed by atoms with Crippen LogP contribution in [0, 0.1) is 12.7 Å². The number of benzene rings is 2. The number of hydrogen-bond acceptors (Lipinski definition) is 2. The molecule has 6 heteroatoms. The summed E-state index contributed by atoms with van der Waals surface area (Å²) < 4.78 is 14.2. The average molecular weight is 365 g/mol. The summed E-state index contributed by atoms with van der Waals surface area (Å²) >= 11 is 3.27. The molecule has 4 nitrogen and oxygen atoms in total. The lowest BCUT2D eigenvalue weighted by Crippen LogP contribution is -2.32. The third-order valence-corrected chi connectivity index (χ3v) is 3.45. The highest BCUT2D eigenvalue weighted by Gasteiger charge is 2.09. The summed E-state index contributed by atoms with van der Waals surface area (Å²) in [7, 11) is 0. The highest BCUT2D eigenvalue weighted by Crippen LogP contribution is 2.13. The summed E-state index contributed by atoms with van der Waals surface area (Å²) in [6, 6.07) is 11.3. The summed E-state index contributed by atoms with van der Waals surface area (Å²) in [5.41, 5.74) is 1.30. The Morgan fingerprint density at radius 1 is 1.18 bits per heavy atom. The van der Waals surface area contributed by atoms with E-state index in [2.05, 4.69) is 26.6 Å². The Labute approximate surface area is 135 Å². The third kappa shape index (κ3) is 4.39. The number of halogens is 2. The van der Waals surface area contributed by atoms with Gasteiger partial charge in [-0.05, 0) is 42.8 Å². The molecular formula is C16H14BrFN2O2. The second kappa shape index (κ2) is 7.17. The van der Waals surface area contributed by atoms with Gasteiger partial charge >= 0.3 is 0 Å². The van der Waals surface area contributed by atoms with E-state index in [1.54, 1.807) is 43.3 Å². The lowest BCUT2D eigenvalue weighted by molar-refractivity contribution is -0.115. The number of aryl methyl sites for hydroxylation is 1. The lowest BCUT2D eigenvalue weighted by atomic mass is 10.2. The van der Waals surface area contributed by atoms with Gasteiger partial charge in [0.1, 0.15) is 5.82 Å². The van der Waals surface area contributed by atoms with Crippen molar-refractivity contribution >= 4 is 33.4 Å². The van der Waals surface area contributed by atoms with Crippen LogP contribution in [-0.4, -0.2) is 18.4 Å². The molecule has 0 aliphatic rings. The zero-order valence-corrected chi connectivity index (χ0v) is 13.4. The predicted molar refractivity (Wildman–Crippen MR) is 86.2 cm³/mol. The van der Waals surface area contributed by atoms with Gasteiger partial charge in [-0.2, -0.15) is 0 Å². The van der Waals surface area contributed by atoms with E-state index in [-0.39, 0.29) is 12.5 Å². The first-order valence-corrected chi connectivity index (χ1v) is 7.35. The molecule has 2 N–H and O–H groups in total. The molecule has 0 fully saturated rings. The van der Waals surface area contributed by atoms with Crippen molar-refractivity contribution in [2.24, 2.45) is 0 Å². The van der Waals surface area contributed by atoms with Crippen LogP contribution < -0.4 is 10.6 Å². The fourth-order valence-electron chi connectivity index (χ4n) is 1.77. The van der Waals surface area contributed by atoms with Crippen molar-refractivity contribution in [3.8, 4) is 0 Å². The van der Waals surface area contributed by atoms with Gasteiger partial charge in [-0.3, -0.25) is 9.59 Å². The van der Waals surface area contributed by atoms with Crippen LogP contribution in [0.4, 0.5) is 10.1 Å². The third-order valence-electron chi connectivity index (χ3n) is 2.95. The summed E-state index contributed by atoms with van der Waals surface area (Å²) in [6.07, 6.45) is 0. The van der Waals surface area contributed by atoms with Crippen LogP contribution in [0.15, 0.2) is 46.9 Å². The Hall–Kier alpha value is -2.21. The van der Waals surface area contributed by atoms with Crippen LogP contribution in [0.5, 0.6) is 0 Å². The number of carbonyl (C=O) groups is 2. The average Bonchev–Trinajstić information content (AvgIpc) is 2.48. The number of hydrogen-bond donors (Lipinski definition) is 2. The minimum absolute atomic E-state index is 0.194. The fraction of sp³-hybridized carbons (Fsp3) is 0.125. The summed E-state index contributed by atoms with van der Waals surface area (Å²) in [5.74, 6) is -1.17. The molecule has 0 spiro atoms. The quantitative estimate of drug-likeness (QED) is 0.874. The monoisotopic (exact) mass is 364 g/mol. The Kier molecular flexibility index (Phi) is 5.27. The van der Waals surface area contributed by atoms with Crippen molar-refractivity contribution in [3.63, 3.8) is 0 Å². The molecule has 0 aliphatic heterocycles. The van der Waals surface area contributed by atoms with Crippen LogP contribution in [0.3, 0.4) is 0 Å². The molecule has 0 radical (unpaired) electrons. The molecule has 22 heavy (non-hydrogen) atoms. The normalized spacial score (nSPS) is 10.1. The van der Waals surface area contributed by atoms with E-state index < -0.39 is 11.7 Å². The van der Waals surface area contributed by atoms with Gasteiger partial charge in [0, 0.05) is 15.7 Å². The molecule has 2 amide bonds. The Morgan fingerprint density at radius 3 is 2.64 bits per heavy atom. The van der Waals surface area contributed by atoms with Crippen molar-refractivity contribution in [1.82, 2.24) is 5.32 Å². The topological polar surface area (TPSA) is 58.2 Å². The lowest BCUT2D eigenvalue weighted by Gasteiger charge is -2.08. The zero-order valence-electron chi connectivity index (χ0n) is 11.8. The van der Waals surface area contributed by atoms with Crippen molar-refractivity contribution < 1.29 is 14.0 Å². The second-order valence-electron chi connectivity index (χ2n) is 4.71. The molecule has 2 aromatic rings. The van der Waals surface area contributed by atoms with Gasteiger partial charge in [-0.15, -0.1) is 0 Å². The minimum atomic E-state index is -0.424. The molecule has 0 atom stereocenters. The van der Waals surface area contributed by atoms with E-state index >= 15 is 0 Å². The summed E-state index contributed by atoms with van der Waals surface area (Å²) in [5, 5.41) is 5.03. The summed E-state index contributed by atoms with van der Waals surface area (Å²) in [4.78, 5) is 23.6. The minimum Gasteiger partial charge on any atom is -0.343 e. The molecule has 0 bridgehead atoms. The molecule has 0 saturated heterocycles. The van der Waals surface area contributed by atoms with Crippen molar-refractivity contribution in [2.45, 2.75) is 6.92 Å². The van der Waals surface area contributed by atoms with Crippen LogP contribution >= 0.6 is 15.9 Å². The molecule has 114 valence electrons. The van der Waals surface area contributed by atoms with Crippen LogP contribution in [0.2, 0.25) is 0 Å². The van der Waals surface area contributed by atoms with E-state index in [0.29, 0.717) is 16.8 Å². The SMILES string of the molecule is Cc1ccc(NC(=O)CNC(=O)c2cccc(Br)c2)cc1F. The number of amides is 2. The number of carbonyl (C=O) groups excluding carboxylic acids is 2. The van der Waals surface area contributed by atoms with Gasteiger partial charge < -0.3 is 10.6 Å². The van der Waals surface area contributed by atoms with Gasteiger partial charge in [-0.1, -0.05) is 28.1 Å². The maximum Gasteiger partial charge on any atom is 0.251 e. The van der Waals surface area contributed by atoms with Gasteiger partial charge in [0.2, 0.25) is 5.91 Å². The molecule has 0 unspecified atom stereocenters. The van der Waals surface area contributed by atoms with E-state index in [0.717, 1.165) is 4.47 Å². The van der Waals surface area contributed by atoms with Crippen molar-refractivity contribution in [1.29, 1.82) is 0 Å². The largest absolute Gasteiger partial charge is 0.343 e. The van der Waals surface area contributed by atoms with E-state index in [4.69, 9.17) is 0 Å². The zero-order chi connectivity index (χ0) is 16.1. The standard InChI is InChI=1S/C16H14BrFN2O2/c1-10-5-6-13(8-14(10)18)20-15(21)9-19-16(22)11-3-2-4-12(17)7-11/h2-8H,9H2,1H3,(H,19,22)(H,20,21). The second-order valence-corrected chi connectivity index (χ2v) is 5.62. The molecule has 0 saturated carbocycles. The molecule has 0 heterocycles. The molecule has 2 rings (SSSR count). The first kappa shape index (κ1) is 16.2. The molecule has 0 aliphatic carbocycles. The van der Waals surface area contributed by atoms with Gasteiger partial charge in [0.25, 0.3) is 5.91 Å². The van der Waals surface area contributed by atoms with Crippen molar-refractivity contribution in [2.75, 3.05) is 11.9 Å². The highest BCUT2D eigenvalue weighted by molar-refractivity contribution is 9.10. The fourth-order valence-corrected chi connectivity index (χ4v) is 2.17. The highest BCUT2D eigenvalue weighted by atomic mass is 79.9. The first-order valence-electron chi connectivity index (χ1n) is 6.55. The van der Waals surface area contributed by atoms with Gasteiger partial charge in [0.05, 0.1) is 6.54 Å². The van der Waals surface area contributed by atoms with E-state index in [1.807, 2.05) is 0 Å². The molecule has 0 aromatic heterocycles. The number of anilines is 1. The first-order chi connectivity index (χ1) is 10.5. The predicted octanol–water partition coefficient (Wildman–Crippen LogP) is 3.27. The Morgan fingerprint density at radius 2 is 1.95 bits per heavy atom. The Bertz CT molecular complexity index is 719. The van der Waals surface area contributed by atoms with E-state index in [9.17, 15) is 14.0 Å². The molecule has 2 aromatic carbocycles. The van der Waals surface area contributed by atoms with Gasteiger partial charge in [-0.25, -0.2) is 4.39 Å². The van der Waals surface area contributed by atoms with Gasteiger partial charge in [0.15, 0.2) is 0 Å². The van der Waals surface area contributed by atoms with Crippen LogP contribution in [0.25, 0.3) is 0 Å². The summed E-state index contributed by atoms with van der Waals surface area (Å²) in [6.45, 7) is 1.44. The van der Waals surface area contributed by atoms with Crippen LogP contribution in [0.1, 0.15) is 15.9 Å². The Balaban J connectivity index is 1.90. The number of nitrogens with one attached hydrogen (secondary N) is 2. The maximum atomic E-state index is 13.4.